The second kappa shape index (κ2) is 10.8. The van der Waals surface area contributed by atoms with Crippen LogP contribution in [0.4, 0.5) is 0 Å². The van der Waals surface area contributed by atoms with Crippen molar-refractivity contribution in [3.8, 4) is 0 Å². The van der Waals surface area contributed by atoms with Crippen LogP contribution < -0.4 is 9.86 Å². The van der Waals surface area contributed by atoms with Gasteiger partial charge in [0.15, 0.2) is 0 Å². The van der Waals surface area contributed by atoms with Gasteiger partial charge in [0, 0.05) is 20.0 Å². The quantitative estimate of drug-likeness (QED) is 0.550. The van der Waals surface area contributed by atoms with Crippen molar-refractivity contribution in [1.29, 1.82) is 0 Å². The van der Waals surface area contributed by atoms with Gasteiger partial charge in [-0.05, 0) is 31.3 Å². The number of carbonyl (C=O) groups is 1. The Morgan fingerprint density at radius 1 is 1.23 bits per heavy atom. The number of primary sulfonamides is 1. The fourth-order valence-corrected chi connectivity index (χ4v) is 4.02. The molecule has 0 unspecified atom stereocenters. The number of nitrogens with two attached hydrogens (primary N) is 1. The number of hydrogen-bond donors (Lipinski definition) is 3. The number of benzene rings is 1. The van der Waals surface area contributed by atoms with E-state index in [4.69, 9.17) is 26.6 Å². The number of carboxylic acid groups (broad SMARTS) is 1. The van der Waals surface area contributed by atoms with Crippen molar-refractivity contribution in [3.63, 3.8) is 0 Å². The van der Waals surface area contributed by atoms with Crippen LogP contribution in [-0.2, 0) is 24.8 Å². The molecule has 0 heterocycles. The lowest BCUT2D eigenvalue weighted by Gasteiger charge is -2.18. The summed E-state index contributed by atoms with van der Waals surface area (Å²) in [5.41, 5.74) is 0. The fourth-order valence-electron chi connectivity index (χ4n) is 1.83. The summed E-state index contributed by atoms with van der Waals surface area (Å²) in [5, 5.41) is 12.3. The Hall–Kier alpha value is -1.24. The maximum atomic E-state index is 12.2. The second-order valence-corrected chi connectivity index (χ2v) is 8.78. The largest absolute Gasteiger partial charge is 0.481 e. The normalized spacial score (nSPS) is 11.8. The third-order valence-electron chi connectivity index (χ3n) is 3.13. The highest BCUT2D eigenvalue weighted by Crippen LogP contribution is 2.23. The van der Waals surface area contributed by atoms with Gasteiger partial charge in [0.1, 0.15) is 4.90 Å². The highest BCUT2D eigenvalue weighted by Gasteiger charge is 2.20. The van der Waals surface area contributed by atoms with Crippen molar-refractivity contribution in [1.82, 2.24) is 9.62 Å². The van der Waals surface area contributed by atoms with Crippen LogP contribution in [0.15, 0.2) is 28.0 Å². The van der Waals surface area contributed by atoms with E-state index in [1.165, 1.54) is 12.1 Å². The molecular formula is C14H24ClN3O6S2. The fraction of sp³-hybridized carbons (Fsp3) is 0.500. The van der Waals surface area contributed by atoms with Gasteiger partial charge in [-0.15, -0.1) is 0 Å². The van der Waals surface area contributed by atoms with E-state index in [0.717, 1.165) is 26.1 Å². The van der Waals surface area contributed by atoms with Crippen LogP contribution in [0.1, 0.15) is 20.8 Å². The lowest BCUT2D eigenvalue weighted by molar-refractivity contribution is -0.134. The lowest BCUT2D eigenvalue weighted by atomic mass is 10.4. The smallest absolute Gasteiger partial charge is 0.300 e. The van der Waals surface area contributed by atoms with Crippen LogP contribution in [0.5, 0.6) is 0 Å². The summed E-state index contributed by atoms with van der Waals surface area (Å²) in [6.45, 7) is 7.45. The molecule has 12 heteroatoms. The summed E-state index contributed by atoms with van der Waals surface area (Å²) < 4.78 is 49.5. The van der Waals surface area contributed by atoms with E-state index in [9.17, 15) is 16.8 Å². The van der Waals surface area contributed by atoms with Crippen molar-refractivity contribution in [2.75, 3.05) is 26.2 Å². The van der Waals surface area contributed by atoms with Crippen molar-refractivity contribution >= 4 is 37.6 Å². The standard InChI is InChI=1S/C12H20ClN3O4S2.C2H4O2/c1-3-16(4-2)8-7-15-22(19,20)10-5-6-11(13)12(9-10)21(14,17)18;1-2(3)4/h5-6,9,15H,3-4,7-8H2,1-2H3,(H2,14,17,18);1H3,(H,3,4). The van der Waals surface area contributed by atoms with Crippen LogP contribution in [0.25, 0.3) is 0 Å². The first-order valence-electron chi connectivity index (χ1n) is 7.59. The predicted molar refractivity (Wildman–Crippen MR) is 99.1 cm³/mol. The Balaban J connectivity index is 0.00000141. The number of carboxylic acids is 1. The van der Waals surface area contributed by atoms with Crippen LogP contribution in [-0.4, -0.2) is 59.0 Å². The Labute approximate surface area is 159 Å². The molecule has 0 bridgehead atoms. The second-order valence-electron chi connectivity index (χ2n) is 5.08. The summed E-state index contributed by atoms with van der Waals surface area (Å²) in [4.78, 5) is 10.4. The molecule has 0 atom stereocenters. The average molecular weight is 430 g/mol. The Morgan fingerprint density at radius 3 is 2.15 bits per heavy atom. The molecule has 4 N–H and O–H groups in total. The molecule has 0 aromatic heterocycles. The minimum Gasteiger partial charge on any atom is -0.481 e. The highest BCUT2D eigenvalue weighted by molar-refractivity contribution is 7.90. The zero-order valence-corrected chi connectivity index (χ0v) is 17.2. The lowest BCUT2D eigenvalue weighted by Crippen LogP contribution is -2.34. The van der Waals surface area contributed by atoms with E-state index in [1.54, 1.807) is 0 Å². The summed E-state index contributed by atoms with van der Waals surface area (Å²) >= 11 is 5.73. The molecule has 0 amide bonds. The molecule has 26 heavy (non-hydrogen) atoms. The van der Waals surface area contributed by atoms with Gasteiger partial charge in [-0.25, -0.2) is 26.7 Å². The van der Waals surface area contributed by atoms with Crippen molar-refractivity contribution < 1.29 is 26.7 Å². The minimum atomic E-state index is -4.09. The highest BCUT2D eigenvalue weighted by atomic mass is 35.5. The molecule has 0 radical (unpaired) electrons. The molecule has 0 aliphatic rings. The molecule has 1 aromatic rings. The maximum absolute atomic E-state index is 12.2. The van der Waals surface area contributed by atoms with E-state index < -0.39 is 30.9 Å². The molecule has 0 aliphatic heterocycles. The molecule has 0 saturated carbocycles. The van der Waals surface area contributed by atoms with Gasteiger partial charge in [0.05, 0.1) is 9.92 Å². The Kier molecular flexibility index (Phi) is 10.3. The molecule has 0 fully saturated rings. The molecule has 150 valence electrons. The maximum Gasteiger partial charge on any atom is 0.300 e. The van der Waals surface area contributed by atoms with Crippen molar-refractivity contribution in [3.05, 3.63) is 23.2 Å². The number of likely N-dealkylation sites (N-methyl/N-ethyl adjacent to an activating group) is 1. The Morgan fingerprint density at radius 2 is 1.73 bits per heavy atom. The predicted octanol–water partition coefficient (Wildman–Crippen LogP) is 0.698. The molecule has 1 aromatic carbocycles. The van der Waals surface area contributed by atoms with Crippen molar-refractivity contribution in [2.45, 2.75) is 30.6 Å². The molecule has 0 spiro atoms. The number of hydrogen-bond acceptors (Lipinski definition) is 6. The summed E-state index contributed by atoms with van der Waals surface area (Å²) in [6, 6.07) is 3.38. The van der Waals surface area contributed by atoms with Crippen LogP contribution in [0.2, 0.25) is 5.02 Å². The van der Waals surface area contributed by atoms with Gasteiger partial charge in [-0.3, -0.25) is 4.79 Å². The number of nitrogens with one attached hydrogen (secondary N) is 1. The molecule has 9 nitrogen and oxygen atoms in total. The first-order valence-corrected chi connectivity index (χ1v) is 11.0. The SMILES string of the molecule is CC(=O)O.CCN(CC)CCNS(=O)(=O)c1ccc(Cl)c(S(N)(=O)=O)c1. The number of rotatable bonds is 8. The number of nitrogens with zero attached hydrogens (tertiary/aromatic N) is 1. The first kappa shape index (κ1) is 24.8. The molecular weight excluding hydrogens is 406 g/mol. The minimum absolute atomic E-state index is 0.121. The van der Waals surface area contributed by atoms with Crippen molar-refractivity contribution in [2.24, 2.45) is 5.14 Å². The van der Waals surface area contributed by atoms with Crippen LogP contribution in [0.3, 0.4) is 0 Å². The zero-order valence-electron chi connectivity index (χ0n) is 14.8. The summed E-state index contributed by atoms with van der Waals surface area (Å²) in [7, 11) is -7.92. The third-order valence-corrected chi connectivity index (χ3v) is 5.99. The van der Waals surface area contributed by atoms with E-state index in [1.807, 2.05) is 13.8 Å². The molecule has 0 saturated heterocycles. The van der Waals surface area contributed by atoms with E-state index in [2.05, 4.69) is 9.62 Å². The van der Waals surface area contributed by atoms with Gasteiger partial charge in [0.2, 0.25) is 20.0 Å². The van der Waals surface area contributed by atoms with E-state index in [0.29, 0.717) is 6.54 Å². The molecule has 0 aliphatic carbocycles. The summed E-state index contributed by atoms with van der Waals surface area (Å²) in [5.74, 6) is -0.833. The number of aliphatic carboxylic acids is 1. The number of halogens is 1. The summed E-state index contributed by atoms with van der Waals surface area (Å²) in [6.07, 6.45) is 0. The first-order chi connectivity index (χ1) is 11.8. The van der Waals surface area contributed by atoms with Gasteiger partial charge >= 0.3 is 0 Å². The van der Waals surface area contributed by atoms with Crippen LogP contribution in [0, 0.1) is 0 Å². The molecule has 1 rings (SSSR count). The van der Waals surface area contributed by atoms with Gasteiger partial charge < -0.3 is 10.0 Å². The van der Waals surface area contributed by atoms with E-state index in [-0.39, 0.29) is 16.5 Å². The van der Waals surface area contributed by atoms with Gasteiger partial charge in [-0.1, -0.05) is 25.4 Å². The third kappa shape index (κ3) is 8.92. The van der Waals surface area contributed by atoms with Gasteiger partial charge in [-0.2, -0.15) is 0 Å². The average Bonchev–Trinajstić information content (AvgIpc) is 2.50. The van der Waals surface area contributed by atoms with Crippen LogP contribution >= 0.6 is 11.6 Å². The van der Waals surface area contributed by atoms with Gasteiger partial charge in [0.25, 0.3) is 5.97 Å². The Bertz CT molecular complexity index is 804. The monoisotopic (exact) mass is 429 g/mol. The topological polar surface area (TPSA) is 147 Å². The zero-order chi connectivity index (χ0) is 20.5. The number of sulfonamides is 2. The van der Waals surface area contributed by atoms with E-state index >= 15 is 0 Å².